The van der Waals surface area contributed by atoms with E-state index in [0.29, 0.717) is 43.7 Å². The molecule has 8 rings (SSSR count). The van der Waals surface area contributed by atoms with Gasteiger partial charge in [-0.05, 0) is 90.2 Å². The van der Waals surface area contributed by atoms with Gasteiger partial charge in [-0.15, -0.1) is 5.10 Å². The Morgan fingerprint density at radius 1 is 1.07 bits per heavy atom. The molecule has 5 fully saturated rings. The van der Waals surface area contributed by atoms with Crippen LogP contribution in [0.5, 0.6) is 0 Å². The molecule has 5 heterocycles. The third-order valence-corrected chi connectivity index (χ3v) is 9.83. The monoisotopic (exact) mass is 617 g/mol. The summed E-state index contributed by atoms with van der Waals surface area (Å²) >= 11 is 0. The van der Waals surface area contributed by atoms with Crippen molar-refractivity contribution in [1.82, 2.24) is 34.8 Å². The molecule has 1 amide bonds. The van der Waals surface area contributed by atoms with Crippen LogP contribution >= 0.6 is 0 Å². The molecule has 3 aromatic heterocycles. The number of hydrogen-bond acceptors (Lipinski definition) is 9. The molecular weight excluding hydrogens is 573 g/mol. The second kappa shape index (κ2) is 11.2. The molecule has 3 aliphatic carbocycles. The number of pyridine rings is 1. The first kappa shape index (κ1) is 29.9. The minimum Gasteiger partial charge on any atom is -0.444 e. The molecule has 0 N–H and O–H groups in total. The van der Waals surface area contributed by atoms with E-state index in [1.165, 1.54) is 12.8 Å². The number of rotatable bonds is 8. The first-order valence-corrected chi connectivity index (χ1v) is 16.4. The third-order valence-electron chi connectivity index (χ3n) is 9.83. The summed E-state index contributed by atoms with van der Waals surface area (Å²) in [4.78, 5) is 33.9. The molecule has 5 aliphatic rings. The van der Waals surface area contributed by atoms with E-state index in [1.54, 1.807) is 6.20 Å². The summed E-state index contributed by atoms with van der Waals surface area (Å²) in [7, 11) is 0. The summed E-state index contributed by atoms with van der Waals surface area (Å²) in [5.74, 6) is 0.881. The second-order valence-electron chi connectivity index (χ2n) is 14.7. The highest BCUT2D eigenvalue weighted by atomic mass is 19.1. The van der Waals surface area contributed by atoms with E-state index in [4.69, 9.17) is 14.7 Å². The van der Waals surface area contributed by atoms with Crippen LogP contribution in [0, 0.1) is 5.41 Å². The number of carbonyl (C=O) groups excluding carboxylic acids is 1. The molecule has 2 saturated heterocycles. The van der Waals surface area contributed by atoms with Gasteiger partial charge in [0, 0.05) is 32.7 Å². The first-order valence-electron chi connectivity index (χ1n) is 16.4. The highest BCUT2D eigenvalue weighted by molar-refractivity contribution is 5.69. The van der Waals surface area contributed by atoms with Gasteiger partial charge in [-0.2, -0.15) is 0 Å². The van der Waals surface area contributed by atoms with Crippen LogP contribution in [0.1, 0.15) is 84.4 Å². The average Bonchev–Trinajstić information content (AvgIpc) is 3.71. The van der Waals surface area contributed by atoms with Gasteiger partial charge >= 0.3 is 6.09 Å². The molecule has 12 heteroatoms. The molecule has 45 heavy (non-hydrogen) atoms. The van der Waals surface area contributed by atoms with E-state index in [2.05, 4.69) is 38.1 Å². The smallest absolute Gasteiger partial charge is 0.410 e. The van der Waals surface area contributed by atoms with Gasteiger partial charge in [-0.1, -0.05) is 5.21 Å². The largest absolute Gasteiger partial charge is 0.444 e. The Bertz CT molecular complexity index is 1510. The van der Waals surface area contributed by atoms with Gasteiger partial charge in [0.1, 0.15) is 28.5 Å². The van der Waals surface area contributed by atoms with Gasteiger partial charge < -0.3 is 19.4 Å². The van der Waals surface area contributed by atoms with Crippen molar-refractivity contribution in [3.8, 4) is 11.4 Å². The Balaban J connectivity index is 1.02. The minimum absolute atomic E-state index is 0.00238. The van der Waals surface area contributed by atoms with Crippen LogP contribution < -0.4 is 9.80 Å². The summed E-state index contributed by atoms with van der Waals surface area (Å²) < 4.78 is 22.0. The van der Waals surface area contributed by atoms with Crippen molar-refractivity contribution in [2.75, 3.05) is 42.5 Å². The van der Waals surface area contributed by atoms with Crippen LogP contribution in [0.3, 0.4) is 0 Å². The first-order chi connectivity index (χ1) is 21.5. The van der Waals surface area contributed by atoms with Crippen molar-refractivity contribution < 1.29 is 13.9 Å². The molecule has 0 spiro atoms. The van der Waals surface area contributed by atoms with E-state index in [0.717, 1.165) is 49.7 Å². The molecule has 3 saturated carbocycles. The third kappa shape index (κ3) is 6.07. The maximum atomic E-state index is 14.3. The van der Waals surface area contributed by atoms with E-state index in [1.807, 2.05) is 55.0 Å². The number of alkyl halides is 1. The fourth-order valence-corrected chi connectivity index (χ4v) is 7.63. The zero-order valence-corrected chi connectivity index (χ0v) is 26.8. The van der Waals surface area contributed by atoms with Gasteiger partial charge in [0.2, 0.25) is 0 Å². The normalized spacial score (nSPS) is 26.6. The standard InChI is InChI=1S/C33H44FN9O2/c1-23(43-18-28(38-39-43)27-15-35-16-29(37-27)40-11-5-6-12-40)26-10-9-24(14-36-26)41-13-7-8-25(17-41)42(30(44)45-31(2,3)4)22-32-19-33(34,20-32)21-32/h9-10,14-16,18,23,25H,5-8,11-13,17,19-22H2,1-4H3/t23?,25-,32?,33?/m1/s1. The lowest BCUT2D eigenvalue weighted by atomic mass is 9.42. The van der Waals surface area contributed by atoms with Crippen molar-refractivity contribution in [2.45, 2.75) is 96.0 Å². The van der Waals surface area contributed by atoms with Crippen molar-refractivity contribution in [3.63, 3.8) is 0 Å². The molecule has 0 aromatic carbocycles. The van der Waals surface area contributed by atoms with E-state index in [9.17, 15) is 9.18 Å². The van der Waals surface area contributed by atoms with E-state index >= 15 is 0 Å². The maximum absolute atomic E-state index is 14.3. The lowest BCUT2D eigenvalue weighted by Crippen LogP contribution is -2.69. The number of piperidine rings is 1. The summed E-state index contributed by atoms with van der Waals surface area (Å²) in [5.41, 5.74) is 1.61. The van der Waals surface area contributed by atoms with Crippen LogP contribution in [0.2, 0.25) is 0 Å². The van der Waals surface area contributed by atoms with Crippen molar-refractivity contribution in [1.29, 1.82) is 0 Å². The molecule has 2 aliphatic heterocycles. The number of aromatic nitrogens is 6. The molecule has 2 atom stereocenters. The van der Waals surface area contributed by atoms with E-state index < -0.39 is 11.3 Å². The average molecular weight is 618 g/mol. The summed E-state index contributed by atoms with van der Waals surface area (Å²) in [6, 6.07) is 4.00. The van der Waals surface area contributed by atoms with Crippen molar-refractivity contribution in [2.24, 2.45) is 5.41 Å². The van der Waals surface area contributed by atoms with Gasteiger partial charge in [-0.25, -0.2) is 18.9 Å². The Morgan fingerprint density at radius 2 is 1.82 bits per heavy atom. The fourth-order valence-electron chi connectivity index (χ4n) is 7.63. The summed E-state index contributed by atoms with van der Waals surface area (Å²) in [6.45, 7) is 11.9. The highest BCUT2D eigenvalue weighted by Gasteiger charge is 2.69. The zero-order chi connectivity index (χ0) is 31.4. The van der Waals surface area contributed by atoms with Crippen LogP contribution in [-0.4, -0.2) is 91.0 Å². The summed E-state index contributed by atoms with van der Waals surface area (Å²) in [6.07, 6.45) is 12.9. The van der Waals surface area contributed by atoms with E-state index in [-0.39, 0.29) is 23.6 Å². The second-order valence-corrected chi connectivity index (χ2v) is 14.7. The Labute approximate surface area is 264 Å². The van der Waals surface area contributed by atoms with Gasteiger partial charge in [0.15, 0.2) is 0 Å². The summed E-state index contributed by atoms with van der Waals surface area (Å²) in [5, 5.41) is 8.78. The van der Waals surface area contributed by atoms with Crippen LogP contribution in [0.15, 0.2) is 36.9 Å². The lowest BCUT2D eigenvalue weighted by Gasteiger charge is -2.67. The predicted molar refractivity (Wildman–Crippen MR) is 169 cm³/mol. The number of amides is 1. The molecule has 0 radical (unpaired) electrons. The van der Waals surface area contributed by atoms with Crippen molar-refractivity contribution in [3.05, 3.63) is 42.6 Å². The number of nitrogens with zero attached hydrogens (tertiary/aromatic N) is 9. The number of anilines is 2. The number of ether oxygens (including phenoxy) is 1. The number of carbonyl (C=O) groups is 1. The fraction of sp³-hybridized carbons (Fsp3) is 0.636. The van der Waals surface area contributed by atoms with Gasteiger partial charge in [-0.3, -0.25) is 9.97 Å². The maximum Gasteiger partial charge on any atom is 0.410 e. The Morgan fingerprint density at radius 3 is 2.51 bits per heavy atom. The topological polar surface area (TPSA) is 105 Å². The van der Waals surface area contributed by atoms with Crippen LogP contribution in [0.4, 0.5) is 20.7 Å². The predicted octanol–water partition coefficient (Wildman–Crippen LogP) is 5.44. The quantitative estimate of drug-likeness (QED) is 0.327. The van der Waals surface area contributed by atoms with Crippen LogP contribution in [-0.2, 0) is 4.74 Å². The molecular formula is C33H44FN9O2. The lowest BCUT2D eigenvalue weighted by molar-refractivity contribution is -0.221. The SMILES string of the molecule is CC(c1ccc(N2CCC[C@@H](N(CC34CC(F)(C3)C4)C(=O)OC(C)(C)C)C2)cn1)n1cc(-c2cncc(N3CCCC3)n2)nn1. The van der Waals surface area contributed by atoms with Gasteiger partial charge in [0.05, 0.1) is 48.3 Å². The molecule has 2 bridgehead atoms. The molecule has 3 aromatic rings. The molecule has 11 nitrogen and oxygen atoms in total. The minimum atomic E-state index is -0.997. The number of halogens is 1. The Kier molecular flexibility index (Phi) is 7.43. The van der Waals surface area contributed by atoms with Crippen molar-refractivity contribution >= 4 is 17.6 Å². The highest BCUT2D eigenvalue weighted by Crippen LogP contribution is 2.69. The van der Waals surface area contributed by atoms with Crippen LogP contribution in [0.25, 0.3) is 11.4 Å². The zero-order valence-electron chi connectivity index (χ0n) is 26.8. The Hall–Kier alpha value is -3.83. The van der Waals surface area contributed by atoms with Gasteiger partial charge in [0.25, 0.3) is 0 Å². The molecule has 1 unspecified atom stereocenters. The number of hydrogen-bond donors (Lipinski definition) is 0. The molecule has 240 valence electrons.